The number of ketones is 2. The minimum absolute atomic E-state index is 0.0265. The summed E-state index contributed by atoms with van der Waals surface area (Å²) < 4.78 is 30.2. The van der Waals surface area contributed by atoms with Gasteiger partial charge in [-0.3, -0.25) is 9.59 Å². The number of phenols is 1. The molecule has 0 radical (unpaired) electrons. The van der Waals surface area contributed by atoms with Crippen LogP contribution in [0.2, 0.25) is 0 Å². The molecule has 4 N–H and O–H groups in total. The second-order valence-electron chi connectivity index (χ2n) is 13.0. The normalized spacial score (nSPS) is 25.0. The summed E-state index contributed by atoms with van der Waals surface area (Å²) in [6.45, 7) is 1.22. The number of carbonyl (C=O) groups is 3. The summed E-state index contributed by atoms with van der Waals surface area (Å²) in [6, 6.07) is 13.0. The number of nitrogens with one attached hydrogen (secondary N) is 1. The SMILES string of the molecule is C[C@@H](O)[C@@]12C[C@]13c1cc(O)c4c(c1N[C@H]2C#C/C=C\C#C[C@H]3O)C(=O)c1ccc(CN(C)C(=O)OCCS(=O)(=O)c2ccccc2)cc1C4=O. The zero-order chi connectivity index (χ0) is 35.6. The molecule has 1 fully saturated rings. The highest BCUT2D eigenvalue weighted by atomic mass is 32.2. The van der Waals surface area contributed by atoms with Crippen LogP contribution < -0.4 is 5.32 Å². The van der Waals surface area contributed by atoms with E-state index in [2.05, 4.69) is 29.0 Å². The van der Waals surface area contributed by atoms with Crippen molar-refractivity contribution >= 4 is 33.2 Å². The van der Waals surface area contributed by atoms with Crippen molar-refractivity contribution in [2.24, 2.45) is 5.41 Å². The van der Waals surface area contributed by atoms with E-state index in [0.717, 1.165) is 0 Å². The largest absolute Gasteiger partial charge is 0.507 e. The number of ether oxygens (including phenoxy) is 1. The van der Waals surface area contributed by atoms with Gasteiger partial charge in [-0.15, -0.1) is 0 Å². The molecule has 2 bridgehead atoms. The van der Waals surface area contributed by atoms with Crippen LogP contribution in [0.3, 0.4) is 0 Å². The van der Waals surface area contributed by atoms with Gasteiger partial charge in [0.25, 0.3) is 0 Å². The minimum Gasteiger partial charge on any atom is -0.507 e. The van der Waals surface area contributed by atoms with E-state index in [1.54, 1.807) is 31.2 Å². The molecule has 0 aromatic heterocycles. The van der Waals surface area contributed by atoms with Crippen LogP contribution in [0.4, 0.5) is 10.5 Å². The second kappa shape index (κ2) is 11.9. The molecular formula is C38H32N2O9S. The fourth-order valence-corrected chi connectivity index (χ4v) is 8.80. The van der Waals surface area contributed by atoms with E-state index in [4.69, 9.17) is 4.74 Å². The van der Waals surface area contributed by atoms with Gasteiger partial charge in [0.05, 0.1) is 39.6 Å². The fraction of sp³-hybridized carbons (Fsp3) is 0.289. The van der Waals surface area contributed by atoms with Crippen LogP contribution in [-0.2, 0) is 26.5 Å². The van der Waals surface area contributed by atoms with E-state index >= 15 is 0 Å². The fourth-order valence-electron chi connectivity index (χ4n) is 7.69. The Kier molecular flexibility index (Phi) is 7.87. The Morgan fingerprint density at radius 3 is 2.46 bits per heavy atom. The minimum atomic E-state index is -3.65. The van der Waals surface area contributed by atoms with Crippen molar-refractivity contribution in [2.75, 3.05) is 24.7 Å². The van der Waals surface area contributed by atoms with E-state index in [1.807, 2.05) is 0 Å². The molecule has 0 unspecified atom stereocenters. The molecule has 3 aliphatic carbocycles. The Bertz CT molecular complexity index is 2260. The number of allylic oxidation sites excluding steroid dienone is 2. The number of phenolic OH excluding ortho intramolecular Hbond substituents is 1. The van der Waals surface area contributed by atoms with Crippen molar-refractivity contribution < 1.29 is 42.9 Å². The van der Waals surface area contributed by atoms with Gasteiger partial charge in [-0.2, -0.15) is 0 Å². The van der Waals surface area contributed by atoms with Crippen LogP contribution in [0.5, 0.6) is 5.75 Å². The zero-order valence-corrected chi connectivity index (χ0v) is 27.9. The monoisotopic (exact) mass is 692 g/mol. The van der Waals surface area contributed by atoms with E-state index < -0.39 is 68.1 Å². The number of rotatable bonds is 7. The third-order valence-corrected chi connectivity index (χ3v) is 11.9. The maximum absolute atomic E-state index is 14.2. The smallest absolute Gasteiger partial charge is 0.409 e. The summed E-state index contributed by atoms with van der Waals surface area (Å²) in [5.41, 5.74) is -1.20. The summed E-state index contributed by atoms with van der Waals surface area (Å²) in [5.74, 6) is 9.61. The average molecular weight is 693 g/mol. The molecule has 254 valence electrons. The van der Waals surface area contributed by atoms with Crippen molar-refractivity contribution in [1.29, 1.82) is 0 Å². The molecule has 1 aliphatic heterocycles. The molecule has 0 saturated heterocycles. The first-order chi connectivity index (χ1) is 23.8. The topological polar surface area (TPSA) is 171 Å². The number of hydrogen-bond donors (Lipinski definition) is 4. The van der Waals surface area contributed by atoms with Crippen molar-refractivity contribution in [3.05, 3.63) is 100 Å². The molecule has 12 heteroatoms. The number of aliphatic hydroxyl groups is 2. The predicted molar refractivity (Wildman–Crippen MR) is 181 cm³/mol. The van der Waals surface area contributed by atoms with Crippen molar-refractivity contribution in [1.82, 2.24) is 4.90 Å². The molecule has 4 aliphatic rings. The Hall–Kier alpha value is -5.40. The first-order valence-corrected chi connectivity index (χ1v) is 17.6. The number of aliphatic hydroxyl groups excluding tert-OH is 2. The maximum Gasteiger partial charge on any atom is 0.409 e. The van der Waals surface area contributed by atoms with Gasteiger partial charge in [0, 0.05) is 35.5 Å². The summed E-state index contributed by atoms with van der Waals surface area (Å²) in [6.07, 6.45) is 0.310. The molecule has 0 spiro atoms. The number of amides is 1. The highest BCUT2D eigenvalue weighted by molar-refractivity contribution is 7.91. The molecule has 5 atom stereocenters. The summed E-state index contributed by atoms with van der Waals surface area (Å²) in [4.78, 5) is 42.3. The van der Waals surface area contributed by atoms with Gasteiger partial charge in [-0.1, -0.05) is 47.9 Å². The van der Waals surface area contributed by atoms with E-state index in [0.29, 0.717) is 11.1 Å². The van der Waals surface area contributed by atoms with Gasteiger partial charge in [0.15, 0.2) is 21.4 Å². The van der Waals surface area contributed by atoms with Crippen molar-refractivity contribution in [3.8, 4) is 29.4 Å². The van der Waals surface area contributed by atoms with Crippen LogP contribution >= 0.6 is 0 Å². The third kappa shape index (κ3) is 4.90. The van der Waals surface area contributed by atoms with E-state index in [1.165, 1.54) is 54.4 Å². The Labute approximate surface area is 288 Å². The zero-order valence-electron chi connectivity index (χ0n) is 27.1. The molecule has 1 heterocycles. The predicted octanol–water partition coefficient (Wildman–Crippen LogP) is 2.95. The number of aromatic hydroxyl groups is 1. The first-order valence-electron chi connectivity index (χ1n) is 15.9. The lowest BCUT2D eigenvalue weighted by atomic mass is 9.69. The van der Waals surface area contributed by atoms with Crippen LogP contribution in [-0.4, -0.2) is 84.0 Å². The van der Waals surface area contributed by atoms with Gasteiger partial charge >= 0.3 is 6.09 Å². The number of carbonyl (C=O) groups excluding carboxylic acids is 3. The van der Waals surface area contributed by atoms with E-state index in [9.17, 15) is 38.1 Å². The van der Waals surface area contributed by atoms with Gasteiger partial charge in [0.2, 0.25) is 0 Å². The molecule has 1 saturated carbocycles. The maximum atomic E-state index is 14.2. The first kappa shape index (κ1) is 33.1. The van der Waals surface area contributed by atoms with E-state index in [-0.39, 0.29) is 52.4 Å². The van der Waals surface area contributed by atoms with Crippen LogP contribution in [0, 0.1) is 29.1 Å². The van der Waals surface area contributed by atoms with Crippen LogP contribution in [0.1, 0.15) is 56.3 Å². The lowest BCUT2D eigenvalue weighted by molar-refractivity contribution is 0.0603. The molecule has 50 heavy (non-hydrogen) atoms. The lowest BCUT2D eigenvalue weighted by Crippen LogP contribution is -2.50. The number of anilines is 1. The molecule has 3 aromatic carbocycles. The average Bonchev–Trinajstić information content (AvgIpc) is 3.83. The molecular weight excluding hydrogens is 660 g/mol. The molecule has 3 aromatic rings. The van der Waals surface area contributed by atoms with Crippen molar-refractivity contribution in [2.45, 2.75) is 48.4 Å². The Morgan fingerprint density at radius 1 is 1.04 bits per heavy atom. The molecule has 11 nitrogen and oxygen atoms in total. The quantitative estimate of drug-likeness (QED) is 0.167. The van der Waals surface area contributed by atoms with Gasteiger partial charge in [-0.25, -0.2) is 13.2 Å². The highest BCUT2D eigenvalue weighted by Gasteiger charge is 2.79. The number of hydrogen-bond acceptors (Lipinski definition) is 10. The van der Waals surface area contributed by atoms with Gasteiger partial charge in [0.1, 0.15) is 18.5 Å². The number of fused-ring (bicyclic) bond motifs is 4. The van der Waals surface area contributed by atoms with Gasteiger partial charge in [-0.05, 0) is 67.0 Å². The Morgan fingerprint density at radius 2 is 1.74 bits per heavy atom. The Balaban J connectivity index is 1.16. The summed E-state index contributed by atoms with van der Waals surface area (Å²) >= 11 is 0. The summed E-state index contributed by atoms with van der Waals surface area (Å²) in [7, 11) is -2.19. The molecule has 7 rings (SSSR count). The van der Waals surface area contributed by atoms with Crippen LogP contribution in [0.25, 0.3) is 0 Å². The van der Waals surface area contributed by atoms with Gasteiger partial charge < -0.3 is 30.3 Å². The third-order valence-electron chi connectivity index (χ3n) is 10.2. The number of sulfone groups is 1. The summed E-state index contributed by atoms with van der Waals surface area (Å²) in [5, 5.41) is 37.2. The number of nitrogens with zero attached hydrogens (tertiary/aromatic N) is 1. The lowest BCUT2D eigenvalue weighted by Gasteiger charge is -2.42. The molecule has 1 amide bonds. The van der Waals surface area contributed by atoms with Crippen molar-refractivity contribution in [3.63, 3.8) is 0 Å². The standard InChI is InChI=1S/C38H32N2O9S/c1-22(41)37-21-38(37)27-19-28(42)31-32(33(27)39-29(37)12-8-3-4-9-13-30(38)43)34(44)25-15-14-23(18-26(25)35(31)45)20-40(2)36(46)49-16-17-50(47,48)24-10-6-5-7-11-24/h3-7,10-11,14-15,18-19,22,29-30,39,41-43H,16-17,20-21H2,1-2H3/b4-3-/t22-,29+,30-,37-,38-/m1/s1. The highest BCUT2D eigenvalue weighted by Crippen LogP contribution is 2.74. The number of benzene rings is 3. The second-order valence-corrected chi connectivity index (χ2v) is 15.1. The van der Waals surface area contributed by atoms with Crippen LogP contribution in [0.15, 0.2) is 71.6 Å².